The van der Waals surface area contributed by atoms with Crippen molar-refractivity contribution in [2.45, 2.75) is 24.1 Å². The van der Waals surface area contributed by atoms with E-state index in [1.165, 1.54) is 29.2 Å². The largest absolute Gasteiger partial charge is 0.496 e. The Morgan fingerprint density at radius 1 is 1.15 bits per heavy atom. The number of ether oxygens (including phenoxy) is 1. The zero-order valence-electron chi connectivity index (χ0n) is 12.1. The van der Waals surface area contributed by atoms with E-state index in [0.29, 0.717) is 4.75 Å². The van der Waals surface area contributed by atoms with Crippen LogP contribution in [0.3, 0.4) is 0 Å². The number of fused-ring (bicyclic) bond motifs is 1. The van der Waals surface area contributed by atoms with Crippen LogP contribution in [-0.2, 0) is 6.54 Å². The van der Waals surface area contributed by atoms with Crippen LogP contribution in [0.15, 0.2) is 36.4 Å². The van der Waals surface area contributed by atoms with Crippen molar-refractivity contribution in [2.75, 3.05) is 19.9 Å². The molecular weight excluding hydrogens is 266 g/mol. The fourth-order valence-electron chi connectivity index (χ4n) is 2.68. The monoisotopic (exact) mass is 287 g/mol. The van der Waals surface area contributed by atoms with Crippen molar-refractivity contribution in [1.29, 1.82) is 0 Å². The molecule has 3 rings (SSSR count). The Bertz CT molecular complexity index is 607. The predicted molar refractivity (Wildman–Crippen MR) is 87.7 cm³/mol. The van der Waals surface area contributed by atoms with Crippen molar-refractivity contribution < 1.29 is 4.74 Å². The molecular formula is C17H21NOS. The highest BCUT2D eigenvalue weighted by Gasteiger charge is 2.41. The molecule has 0 heterocycles. The first kappa shape index (κ1) is 13.8. The lowest BCUT2D eigenvalue weighted by molar-refractivity contribution is 0.419. The third kappa shape index (κ3) is 2.65. The third-order valence-electron chi connectivity index (χ3n) is 4.20. The smallest absolute Gasteiger partial charge is 0.126 e. The van der Waals surface area contributed by atoms with Crippen molar-refractivity contribution in [3.8, 4) is 5.75 Å². The highest BCUT2D eigenvalue weighted by atomic mass is 32.2. The van der Waals surface area contributed by atoms with E-state index in [2.05, 4.69) is 48.0 Å². The minimum Gasteiger partial charge on any atom is -0.496 e. The summed E-state index contributed by atoms with van der Waals surface area (Å²) in [6.07, 6.45) is 4.92. The second-order valence-corrected chi connectivity index (χ2v) is 6.74. The van der Waals surface area contributed by atoms with E-state index < -0.39 is 0 Å². The van der Waals surface area contributed by atoms with Gasteiger partial charge in [0, 0.05) is 23.2 Å². The molecule has 0 atom stereocenters. The lowest BCUT2D eigenvalue weighted by Crippen LogP contribution is -2.25. The summed E-state index contributed by atoms with van der Waals surface area (Å²) in [5.41, 5.74) is 1.35. The van der Waals surface area contributed by atoms with Gasteiger partial charge in [0.15, 0.2) is 0 Å². The van der Waals surface area contributed by atoms with Crippen molar-refractivity contribution in [1.82, 2.24) is 5.32 Å². The number of thioether (sulfide) groups is 1. The first-order valence-electron chi connectivity index (χ1n) is 7.08. The number of hydrogen-bond acceptors (Lipinski definition) is 3. The van der Waals surface area contributed by atoms with E-state index in [-0.39, 0.29) is 0 Å². The fourth-order valence-corrected chi connectivity index (χ4v) is 3.44. The predicted octanol–water partition coefficient (Wildman–Crippen LogP) is 3.83. The van der Waals surface area contributed by atoms with Gasteiger partial charge in [0.1, 0.15) is 5.75 Å². The van der Waals surface area contributed by atoms with E-state index >= 15 is 0 Å². The molecule has 0 saturated heterocycles. The summed E-state index contributed by atoms with van der Waals surface area (Å²) in [4.78, 5) is 0. The number of nitrogens with one attached hydrogen (secondary N) is 1. The number of benzene rings is 2. The van der Waals surface area contributed by atoms with Gasteiger partial charge in [0.25, 0.3) is 0 Å². The van der Waals surface area contributed by atoms with Crippen LogP contribution in [-0.4, -0.2) is 24.7 Å². The Hall–Kier alpha value is -1.19. The molecule has 0 aliphatic heterocycles. The zero-order chi connectivity index (χ0) is 14.0. The van der Waals surface area contributed by atoms with E-state index in [9.17, 15) is 0 Å². The molecule has 0 spiro atoms. The molecule has 2 aromatic rings. The Kier molecular flexibility index (Phi) is 3.90. The molecule has 0 unspecified atom stereocenters. The van der Waals surface area contributed by atoms with Crippen molar-refractivity contribution in [3.05, 3.63) is 42.0 Å². The quantitative estimate of drug-likeness (QED) is 0.872. The molecule has 3 heteroatoms. The van der Waals surface area contributed by atoms with Gasteiger partial charge in [0.05, 0.1) is 7.11 Å². The van der Waals surface area contributed by atoms with Crippen molar-refractivity contribution in [2.24, 2.45) is 0 Å². The summed E-state index contributed by atoms with van der Waals surface area (Å²) in [5.74, 6) is 0.951. The molecule has 2 aromatic carbocycles. The van der Waals surface area contributed by atoms with Crippen LogP contribution in [0.1, 0.15) is 18.4 Å². The second kappa shape index (κ2) is 5.66. The lowest BCUT2D eigenvalue weighted by atomic mass is 10.0. The molecule has 1 aliphatic rings. The number of hydrogen-bond donors (Lipinski definition) is 1. The first-order valence-corrected chi connectivity index (χ1v) is 8.31. The standard InChI is InChI=1S/C17H21NOS/c1-19-16-8-7-13(14-5-3-4-6-15(14)16)11-18-12-17(20-2)9-10-17/h3-8,18H,9-12H2,1-2H3. The van der Waals surface area contributed by atoms with E-state index in [0.717, 1.165) is 18.8 Å². The maximum atomic E-state index is 5.44. The molecule has 0 radical (unpaired) electrons. The van der Waals surface area contributed by atoms with Gasteiger partial charge < -0.3 is 10.1 Å². The summed E-state index contributed by atoms with van der Waals surface area (Å²) in [5, 5.41) is 6.10. The van der Waals surface area contributed by atoms with Crippen LogP contribution in [0.2, 0.25) is 0 Å². The summed E-state index contributed by atoms with van der Waals surface area (Å²) in [6, 6.07) is 12.7. The summed E-state index contributed by atoms with van der Waals surface area (Å²) < 4.78 is 5.96. The lowest BCUT2D eigenvalue weighted by Gasteiger charge is -2.15. The summed E-state index contributed by atoms with van der Waals surface area (Å²) >= 11 is 2.00. The molecule has 1 N–H and O–H groups in total. The van der Waals surface area contributed by atoms with Crippen molar-refractivity contribution in [3.63, 3.8) is 0 Å². The number of rotatable bonds is 6. The summed E-state index contributed by atoms with van der Waals surface area (Å²) in [7, 11) is 1.73. The topological polar surface area (TPSA) is 21.3 Å². The average Bonchev–Trinajstić information content (AvgIpc) is 3.28. The van der Waals surface area contributed by atoms with Crippen LogP contribution in [0.5, 0.6) is 5.75 Å². The Morgan fingerprint density at radius 3 is 2.55 bits per heavy atom. The van der Waals surface area contributed by atoms with E-state index in [1.807, 2.05) is 11.8 Å². The second-order valence-electron chi connectivity index (χ2n) is 5.46. The molecule has 1 fully saturated rings. The van der Waals surface area contributed by atoms with E-state index in [1.54, 1.807) is 7.11 Å². The van der Waals surface area contributed by atoms with Crippen LogP contribution >= 0.6 is 11.8 Å². The molecule has 0 aromatic heterocycles. The summed E-state index contributed by atoms with van der Waals surface area (Å²) in [6.45, 7) is 2.03. The van der Waals surface area contributed by atoms with Gasteiger partial charge in [-0.25, -0.2) is 0 Å². The minimum absolute atomic E-state index is 0.516. The van der Waals surface area contributed by atoms with Gasteiger partial charge in [-0.05, 0) is 36.1 Å². The van der Waals surface area contributed by atoms with Gasteiger partial charge in [-0.2, -0.15) is 11.8 Å². The van der Waals surface area contributed by atoms with Gasteiger partial charge in [-0.3, -0.25) is 0 Å². The minimum atomic E-state index is 0.516. The SMILES string of the molecule is COc1ccc(CNCC2(SC)CC2)c2ccccc12. The molecule has 0 amide bonds. The molecule has 106 valence electrons. The van der Waals surface area contributed by atoms with Gasteiger partial charge >= 0.3 is 0 Å². The third-order valence-corrected chi connectivity index (χ3v) is 5.62. The Morgan fingerprint density at radius 2 is 1.90 bits per heavy atom. The number of methoxy groups -OCH3 is 1. The fraction of sp³-hybridized carbons (Fsp3) is 0.412. The normalized spacial score (nSPS) is 16.3. The molecule has 1 aliphatic carbocycles. The molecule has 0 bridgehead atoms. The Balaban J connectivity index is 1.78. The van der Waals surface area contributed by atoms with Crippen LogP contribution in [0.4, 0.5) is 0 Å². The van der Waals surface area contributed by atoms with Crippen LogP contribution in [0, 0.1) is 0 Å². The van der Waals surface area contributed by atoms with Crippen LogP contribution in [0.25, 0.3) is 10.8 Å². The van der Waals surface area contributed by atoms with Crippen LogP contribution < -0.4 is 10.1 Å². The maximum Gasteiger partial charge on any atom is 0.126 e. The molecule has 2 nitrogen and oxygen atoms in total. The highest BCUT2D eigenvalue weighted by Crippen LogP contribution is 2.46. The van der Waals surface area contributed by atoms with Gasteiger partial charge in [0.2, 0.25) is 0 Å². The first-order chi connectivity index (χ1) is 9.78. The van der Waals surface area contributed by atoms with Gasteiger partial charge in [-0.1, -0.05) is 30.3 Å². The molecule has 1 saturated carbocycles. The average molecular weight is 287 g/mol. The zero-order valence-corrected chi connectivity index (χ0v) is 12.9. The maximum absolute atomic E-state index is 5.44. The van der Waals surface area contributed by atoms with Crippen molar-refractivity contribution >= 4 is 22.5 Å². The van der Waals surface area contributed by atoms with E-state index in [4.69, 9.17) is 4.74 Å². The molecule has 20 heavy (non-hydrogen) atoms. The van der Waals surface area contributed by atoms with Gasteiger partial charge in [-0.15, -0.1) is 0 Å². The Labute approximate surface area is 124 Å². The highest BCUT2D eigenvalue weighted by molar-refractivity contribution is 8.00.